The molecular formula is C10H14N2O3. The van der Waals surface area contributed by atoms with E-state index in [1.165, 1.54) is 12.1 Å². The van der Waals surface area contributed by atoms with Crippen molar-refractivity contribution in [1.82, 2.24) is 0 Å². The van der Waals surface area contributed by atoms with Gasteiger partial charge in [-0.05, 0) is 13.0 Å². The highest BCUT2D eigenvalue weighted by Gasteiger charge is 2.09. The van der Waals surface area contributed by atoms with E-state index in [-0.39, 0.29) is 5.69 Å². The van der Waals surface area contributed by atoms with Crippen molar-refractivity contribution in [3.05, 3.63) is 33.9 Å². The maximum absolute atomic E-state index is 10.6. The molecule has 1 aromatic rings. The van der Waals surface area contributed by atoms with Crippen LogP contribution in [0.3, 0.4) is 0 Å². The Bertz CT molecular complexity index is 353. The summed E-state index contributed by atoms with van der Waals surface area (Å²) in [6.07, 6.45) is 0. The molecule has 15 heavy (non-hydrogen) atoms. The first-order valence-electron chi connectivity index (χ1n) is 4.71. The van der Waals surface area contributed by atoms with Crippen molar-refractivity contribution in [3.8, 4) is 0 Å². The molecule has 0 saturated carbocycles. The molecule has 0 bridgehead atoms. The normalized spacial score (nSPS) is 10.0. The van der Waals surface area contributed by atoms with Crippen LogP contribution in [0.1, 0.15) is 12.5 Å². The molecule has 1 N–H and O–H groups in total. The first-order chi connectivity index (χ1) is 7.19. The van der Waals surface area contributed by atoms with Crippen LogP contribution in [-0.2, 0) is 11.3 Å². The predicted octanol–water partition coefficient (Wildman–Crippen LogP) is 2.17. The maximum atomic E-state index is 10.6. The Morgan fingerprint density at radius 3 is 2.80 bits per heavy atom. The van der Waals surface area contributed by atoms with Gasteiger partial charge in [-0.2, -0.15) is 0 Å². The SMILES string of the molecule is CCOCc1cc([N+](=O)[O-])ccc1NC. The zero-order chi connectivity index (χ0) is 11.3. The summed E-state index contributed by atoms with van der Waals surface area (Å²) < 4.78 is 5.23. The lowest BCUT2D eigenvalue weighted by atomic mass is 10.1. The van der Waals surface area contributed by atoms with E-state index >= 15 is 0 Å². The number of rotatable bonds is 5. The number of ether oxygens (including phenoxy) is 1. The zero-order valence-corrected chi connectivity index (χ0v) is 8.82. The van der Waals surface area contributed by atoms with E-state index in [2.05, 4.69) is 5.32 Å². The molecule has 0 aliphatic heterocycles. The van der Waals surface area contributed by atoms with Crippen molar-refractivity contribution < 1.29 is 9.66 Å². The van der Waals surface area contributed by atoms with Crippen LogP contribution in [0.2, 0.25) is 0 Å². The lowest BCUT2D eigenvalue weighted by Crippen LogP contribution is -2.00. The van der Waals surface area contributed by atoms with Crippen molar-refractivity contribution in [2.75, 3.05) is 19.0 Å². The number of benzene rings is 1. The average Bonchev–Trinajstić information content (AvgIpc) is 2.25. The van der Waals surface area contributed by atoms with Crippen molar-refractivity contribution in [2.24, 2.45) is 0 Å². The summed E-state index contributed by atoms with van der Waals surface area (Å²) in [4.78, 5) is 10.2. The minimum atomic E-state index is -0.408. The number of non-ortho nitro benzene ring substituents is 1. The van der Waals surface area contributed by atoms with Crippen LogP contribution in [0.25, 0.3) is 0 Å². The number of hydrogen-bond donors (Lipinski definition) is 1. The Labute approximate surface area is 88.2 Å². The van der Waals surface area contributed by atoms with Crippen molar-refractivity contribution in [3.63, 3.8) is 0 Å². The maximum Gasteiger partial charge on any atom is 0.269 e. The molecule has 0 atom stereocenters. The molecule has 0 aliphatic carbocycles. The summed E-state index contributed by atoms with van der Waals surface area (Å²) in [7, 11) is 1.77. The Morgan fingerprint density at radius 1 is 1.53 bits per heavy atom. The summed E-state index contributed by atoms with van der Waals surface area (Å²) in [5.41, 5.74) is 1.74. The molecule has 0 fully saturated rings. The van der Waals surface area contributed by atoms with E-state index in [9.17, 15) is 10.1 Å². The van der Waals surface area contributed by atoms with Gasteiger partial charge in [-0.25, -0.2) is 0 Å². The van der Waals surface area contributed by atoms with E-state index in [0.29, 0.717) is 13.2 Å². The molecule has 0 unspecified atom stereocenters. The monoisotopic (exact) mass is 210 g/mol. The van der Waals surface area contributed by atoms with Crippen LogP contribution in [0.15, 0.2) is 18.2 Å². The third-order valence-electron chi connectivity index (χ3n) is 2.03. The highest BCUT2D eigenvalue weighted by atomic mass is 16.6. The Kier molecular flexibility index (Phi) is 4.05. The second-order valence-corrected chi connectivity index (χ2v) is 2.99. The minimum Gasteiger partial charge on any atom is -0.388 e. The summed E-state index contributed by atoms with van der Waals surface area (Å²) in [6, 6.07) is 4.69. The molecule has 5 nitrogen and oxygen atoms in total. The van der Waals surface area contributed by atoms with Crippen molar-refractivity contribution in [2.45, 2.75) is 13.5 Å². The van der Waals surface area contributed by atoms with E-state index < -0.39 is 4.92 Å². The first kappa shape index (κ1) is 11.5. The van der Waals surface area contributed by atoms with Crippen molar-refractivity contribution in [1.29, 1.82) is 0 Å². The van der Waals surface area contributed by atoms with Crippen LogP contribution >= 0.6 is 0 Å². The van der Waals surface area contributed by atoms with Gasteiger partial charge in [0.1, 0.15) is 0 Å². The van der Waals surface area contributed by atoms with Gasteiger partial charge in [-0.15, -0.1) is 0 Å². The smallest absolute Gasteiger partial charge is 0.269 e. The molecule has 1 rings (SSSR count). The fourth-order valence-corrected chi connectivity index (χ4v) is 1.27. The van der Waals surface area contributed by atoms with Crippen molar-refractivity contribution >= 4 is 11.4 Å². The van der Waals surface area contributed by atoms with Crippen LogP contribution in [0.4, 0.5) is 11.4 Å². The van der Waals surface area contributed by atoms with Gasteiger partial charge in [0, 0.05) is 37.0 Å². The summed E-state index contributed by atoms with van der Waals surface area (Å²) in [6.45, 7) is 2.86. The third-order valence-corrected chi connectivity index (χ3v) is 2.03. The topological polar surface area (TPSA) is 64.4 Å². The molecule has 0 heterocycles. The lowest BCUT2D eigenvalue weighted by molar-refractivity contribution is -0.384. The van der Waals surface area contributed by atoms with Gasteiger partial charge in [0.2, 0.25) is 0 Å². The number of nitrogens with zero attached hydrogens (tertiary/aromatic N) is 1. The molecule has 5 heteroatoms. The lowest BCUT2D eigenvalue weighted by Gasteiger charge is -2.08. The van der Waals surface area contributed by atoms with Gasteiger partial charge in [-0.1, -0.05) is 0 Å². The number of nitrogens with one attached hydrogen (secondary N) is 1. The number of nitro groups is 1. The van der Waals surface area contributed by atoms with Gasteiger partial charge < -0.3 is 10.1 Å². The summed E-state index contributed by atoms with van der Waals surface area (Å²) in [5.74, 6) is 0. The van der Waals surface area contributed by atoms with Gasteiger partial charge in [0.15, 0.2) is 0 Å². The van der Waals surface area contributed by atoms with Gasteiger partial charge in [-0.3, -0.25) is 10.1 Å². The van der Waals surface area contributed by atoms with Crippen LogP contribution in [0.5, 0.6) is 0 Å². The third kappa shape index (κ3) is 2.92. The minimum absolute atomic E-state index is 0.0868. The standard InChI is InChI=1S/C10H14N2O3/c1-3-15-7-8-6-9(12(13)14)4-5-10(8)11-2/h4-6,11H,3,7H2,1-2H3. The molecule has 0 aromatic heterocycles. The quantitative estimate of drug-likeness (QED) is 0.597. The van der Waals surface area contributed by atoms with Crippen LogP contribution in [0, 0.1) is 10.1 Å². The molecular weight excluding hydrogens is 196 g/mol. The second-order valence-electron chi connectivity index (χ2n) is 2.99. The predicted molar refractivity (Wildman–Crippen MR) is 58.0 cm³/mol. The molecule has 0 saturated heterocycles. The van der Waals surface area contributed by atoms with E-state index in [1.54, 1.807) is 13.1 Å². The fraction of sp³-hybridized carbons (Fsp3) is 0.400. The average molecular weight is 210 g/mol. The summed E-state index contributed by atoms with van der Waals surface area (Å²) in [5, 5.41) is 13.5. The first-order valence-corrected chi connectivity index (χ1v) is 4.71. The molecule has 1 aromatic carbocycles. The Balaban J connectivity index is 2.96. The van der Waals surface area contributed by atoms with Gasteiger partial charge in [0.05, 0.1) is 11.5 Å². The Hall–Kier alpha value is -1.62. The fourth-order valence-electron chi connectivity index (χ4n) is 1.27. The zero-order valence-electron chi connectivity index (χ0n) is 8.82. The highest BCUT2D eigenvalue weighted by molar-refractivity contribution is 5.55. The molecule has 0 aliphatic rings. The number of nitro benzene ring substituents is 1. The molecule has 0 amide bonds. The molecule has 82 valence electrons. The molecule has 0 radical (unpaired) electrons. The number of hydrogen-bond acceptors (Lipinski definition) is 4. The molecule has 0 spiro atoms. The van der Waals surface area contributed by atoms with E-state index in [1.807, 2.05) is 6.92 Å². The Morgan fingerprint density at radius 2 is 2.27 bits per heavy atom. The number of anilines is 1. The summed E-state index contributed by atoms with van der Waals surface area (Å²) >= 11 is 0. The van der Waals surface area contributed by atoms with Crippen LogP contribution < -0.4 is 5.32 Å². The highest BCUT2D eigenvalue weighted by Crippen LogP contribution is 2.22. The van der Waals surface area contributed by atoms with Gasteiger partial charge >= 0.3 is 0 Å². The van der Waals surface area contributed by atoms with E-state index in [4.69, 9.17) is 4.74 Å². The largest absolute Gasteiger partial charge is 0.388 e. The van der Waals surface area contributed by atoms with Gasteiger partial charge in [0.25, 0.3) is 5.69 Å². The van der Waals surface area contributed by atoms with E-state index in [0.717, 1.165) is 11.3 Å². The van der Waals surface area contributed by atoms with Crippen LogP contribution in [-0.4, -0.2) is 18.6 Å². The second kappa shape index (κ2) is 5.31.